The van der Waals surface area contributed by atoms with Gasteiger partial charge in [0.25, 0.3) is 0 Å². The first-order chi connectivity index (χ1) is 14.0. The molecule has 1 atom stereocenters. The third kappa shape index (κ3) is 8.10. The lowest BCUT2D eigenvalue weighted by Gasteiger charge is -2.23. The van der Waals surface area contributed by atoms with Crippen LogP contribution in [0.25, 0.3) is 0 Å². The number of ketones is 1. The highest BCUT2D eigenvalue weighted by atomic mass is 127. The van der Waals surface area contributed by atoms with E-state index < -0.39 is 23.6 Å². The summed E-state index contributed by atoms with van der Waals surface area (Å²) in [6.07, 6.45) is 6.57. The van der Waals surface area contributed by atoms with Crippen LogP contribution in [0, 0.1) is 3.57 Å². The number of carbonyl (C=O) groups excluding carboxylic acids is 3. The van der Waals surface area contributed by atoms with Gasteiger partial charge in [0.2, 0.25) is 5.91 Å². The van der Waals surface area contributed by atoms with Gasteiger partial charge in [-0.3, -0.25) is 9.59 Å². The Morgan fingerprint density at radius 2 is 2.00 bits per heavy atom. The van der Waals surface area contributed by atoms with E-state index in [0.717, 1.165) is 15.6 Å². The fraction of sp³-hybridized carbons (Fsp3) is 0.409. The first-order valence-electron chi connectivity index (χ1n) is 9.65. The molecular formula is C22H26ClIN2O4. The monoisotopic (exact) mass is 544 g/mol. The van der Waals surface area contributed by atoms with Gasteiger partial charge in [-0.25, -0.2) is 4.79 Å². The Hall–Kier alpha value is -1.87. The van der Waals surface area contributed by atoms with Crippen molar-refractivity contribution in [3.63, 3.8) is 0 Å². The van der Waals surface area contributed by atoms with Crippen LogP contribution >= 0.6 is 34.2 Å². The zero-order valence-electron chi connectivity index (χ0n) is 17.3. The molecule has 0 unspecified atom stereocenters. The summed E-state index contributed by atoms with van der Waals surface area (Å²) in [6.45, 7) is 5.10. The second-order valence-electron chi connectivity index (χ2n) is 7.95. The molecule has 0 spiro atoms. The highest BCUT2D eigenvalue weighted by Crippen LogP contribution is 2.20. The highest BCUT2D eigenvalue weighted by Gasteiger charge is 2.25. The molecule has 1 aromatic rings. The average Bonchev–Trinajstić information content (AvgIpc) is 2.67. The van der Waals surface area contributed by atoms with Crippen molar-refractivity contribution in [3.8, 4) is 0 Å². The van der Waals surface area contributed by atoms with Crippen LogP contribution < -0.4 is 10.6 Å². The van der Waals surface area contributed by atoms with Crippen LogP contribution in [0.4, 0.5) is 4.79 Å². The van der Waals surface area contributed by atoms with E-state index in [2.05, 4.69) is 33.2 Å². The Morgan fingerprint density at radius 1 is 1.27 bits per heavy atom. The molecule has 30 heavy (non-hydrogen) atoms. The smallest absolute Gasteiger partial charge is 0.408 e. The summed E-state index contributed by atoms with van der Waals surface area (Å²) in [6, 6.07) is 4.52. The number of halogens is 2. The summed E-state index contributed by atoms with van der Waals surface area (Å²) < 4.78 is 6.17. The Kier molecular flexibility index (Phi) is 8.91. The van der Waals surface area contributed by atoms with Crippen molar-refractivity contribution < 1.29 is 19.1 Å². The summed E-state index contributed by atoms with van der Waals surface area (Å²) >= 11 is 8.30. The van der Waals surface area contributed by atoms with Crippen LogP contribution in [0.1, 0.15) is 39.2 Å². The van der Waals surface area contributed by atoms with Gasteiger partial charge in [-0.1, -0.05) is 35.9 Å². The molecule has 0 radical (unpaired) electrons. The summed E-state index contributed by atoms with van der Waals surface area (Å²) in [5, 5.41) is 5.81. The molecule has 0 saturated carbocycles. The fourth-order valence-corrected chi connectivity index (χ4v) is 3.34. The van der Waals surface area contributed by atoms with Crippen LogP contribution in [0.2, 0.25) is 5.02 Å². The highest BCUT2D eigenvalue weighted by molar-refractivity contribution is 14.1. The summed E-state index contributed by atoms with van der Waals surface area (Å²) in [5.41, 5.74) is 0.760. The molecule has 0 fully saturated rings. The quantitative estimate of drug-likeness (QED) is 0.500. The standard InChI is InChI=1S/C22H26ClIN2O4/c1-22(2,3)30-21(29)26-18(12-14-9-10-17(24)16(23)11-14)20(28)25-13-19(27)15-7-5-4-6-8-15/h4-5,7,9-11,18H,6,8,12-13H2,1-3H3,(H,25,28)(H,26,29)/t18-/m0/s1. The van der Waals surface area contributed by atoms with Gasteiger partial charge < -0.3 is 15.4 Å². The van der Waals surface area contributed by atoms with E-state index in [1.165, 1.54) is 0 Å². The van der Waals surface area contributed by atoms with E-state index in [-0.39, 0.29) is 18.7 Å². The minimum Gasteiger partial charge on any atom is -0.444 e. The number of nitrogens with one attached hydrogen (secondary N) is 2. The van der Waals surface area contributed by atoms with E-state index in [1.54, 1.807) is 32.9 Å². The van der Waals surface area contributed by atoms with Crippen LogP contribution in [0.3, 0.4) is 0 Å². The molecule has 0 saturated heterocycles. The van der Waals surface area contributed by atoms with Gasteiger partial charge in [-0.05, 0) is 79.5 Å². The van der Waals surface area contributed by atoms with Gasteiger partial charge in [0, 0.05) is 9.99 Å². The molecule has 2 amide bonds. The van der Waals surface area contributed by atoms with Crippen LogP contribution in [0.5, 0.6) is 0 Å². The molecule has 1 aliphatic rings. The first kappa shape index (κ1) is 24.4. The number of Topliss-reactive ketones (excluding diaryl/α,β-unsaturated/α-hetero) is 1. The Labute approximate surface area is 195 Å². The molecule has 1 aliphatic carbocycles. The van der Waals surface area contributed by atoms with Crippen molar-refractivity contribution in [1.29, 1.82) is 0 Å². The lowest BCUT2D eigenvalue weighted by atomic mass is 10.0. The minimum absolute atomic E-state index is 0.127. The van der Waals surface area contributed by atoms with Crippen molar-refractivity contribution in [2.24, 2.45) is 0 Å². The number of alkyl carbamates (subject to hydrolysis) is 1. The van der Waals surface area contributed by atoms with Crippen molar-refractivity contribution >= 4 is 52.0 Å². The predicted octanol–water partition coefficient (Wildman–Crippen LogP) is 4.34. The molecule has 162 valence electrons. The van der Waals surface area contributed by atoms with E-state index in [0.29, 0.717) is 17.0 Å². The Morgan fingerprint density at radius 3 is 2.60 bits per heavy atom. The molecule has 0 aromatic heterocycles. The maximum atomic E-state index is 12.8. The summed E-state index contributed by atoms with van der Waals surface area (Å²) in [4.78, 5) is 37.4. The van der Waals surface area contributed by atoms with E-state index >= 15 is 0 Å². The zero-order valence-corrected chi connectivity index (χ0v) is 20.2. The van der Waals surface area contributed by atoms with Gasteiger partial charge in [0.1, 0.15) is 11.6 Å². The number of carbonyl (C=O) groups is 3. The second kappa shape index (κ2) is 10.9. The van der Waals surface area contributed by atoms with E-state index in [4.69, 9.17) is 16.3 Å². The van der Waals surface area contributed by atoms with Crippen molar-refractivity contribution in [3.05, 3.63) is 56.2 Å². The largest absolute Gasteiger partial charge is 0.444 e. The topological polar surface area (TPSA) is 84.5 Å². The molecule has 0 bridgehead atoms. The maximum Gasteiger partial charge on any atom is 0.408 e. The summed E-state index contributed by atoms with van der Waals surface area (Å²) in [7, 11) is 0. The summed E-state index contributed by atoms with van der Waals surface area (Å²) in [5.74, 6) is -0.600. The first-order valence-corrected chi connectivity index (χ1v) is 11.1. The third-order valence-electron chi connectivity index (χ3n) is 4.23. The fourth-order valence-electron chi connectivity index (χ4n) is 2.80. The van der Waals surface area contributed by atoms with Gasteiger partial charge in [-0.15, -0.1) is 0 Å². The lowest BCUT2D eigenvalue weighted by molar-refractivity contribution is -0.125. The number of hydrogen-bond donors (Lipinski definition) is 2. The van der Waals surface area contributed by atoms with E-state index in [9.17, 15) is 14.4 Å². The zero-order chi connectivity index (χ0) is 22.3. The lowest BCUT2D eigenvalue weighted by Crippen LogP contribution is -2.50. The second-order valence-corrected chi connectivity index (χ2v) is 9.52. The van der Waals surface area contributed by atoms with Gasteiger partial charge in [-0.2, -0.15) is 0 Å². The molecule has 8 heteroatoms. The van der Waals surface area contributed by atoms with Gasteiger partial charge >= 0.3 is 6.09 Å². The number of amides is 2. The normalized spacial score (nSPS) is 14.5. The SMILES string of the molecule is CC(C)(C)OC(=O)N[C@@H](Cc1ccc(I)c(Cl)c1)C(=O)NCC(=O)C1=CC=CCC1. The van der Waals surface area contributed by atoms with Gasteiger partial charge in [0.05, 0.1) is 11.6 Å². The van der Waals surface area contributed by atoms with Crippen molar-refractivity contribution in [2.75, 3.05) is 6.54 Å². The number of benzene rings is 1. The minimum atomic E-state index is -0.913. The molecule has 2 N–H and O–H groups in total. The van der Waals surface area contributed by atoms with Gasteiger partial charge in [0.15, 0.2) is 5.78 Å². The molecule has 6 nitrogen and oxygen atoms in total. The number of allylic oxidation sites excluding steroid dienone is 3. The maximum absolute atomic E-state index is 12.8. The third-order valence-corrected chi connectivity index (χ3v) is 5.80. The molecule has 1 aromatic carbocycles. The predicted molar refractivity (Wildman–Crippen MR) is 126 cm³/mol. The van der Waals surface area contributed by atoms with Crippen molar-refractivity contribution in [1.82, 2.24) is 10.6 Å². The van der Waals surface area contributed by atoms with Crippen LogP contribution in [-0.2, 0) is 20.7 Å². The van der Waals surface area contributed by atoms with Crippen molar-refractivity contribution in [2.45, 2.75) is 51.7 Å². The molecule has 0 aliphatic heterocycles. The molecular weight excluding hydrogens is 519 g/mol. The Balaban J connectivity index is 2.08. The molecule has 0 heterocycles. The van der Waals surface area contributed by atoms with Crippen LogP contribution in [-0.4, -0.2) is 36.0 Å². The number of hydrogen-bond acceptors (Lipinski definition) is 4. The number of rotatable bonds is 7. The average molecular weight is 545 g/mol. The Bertz CT molecular complexity index is 874. The molecule has 2 rings (SSSR count). The number of ether oxygens (including phenoxy) is 1. The van der Waals surface area contributed by atoms with Crippen LogP contribution in [0.15, 0.2) is 42.0 Å². The van der Waals surface area contributed by atoms with E-state index in [1.807, 2.05) is 24.3 Å².